The van der Waals surface area contributed by atoms with Crippen LogP contribution >= 0.6 is 0 Å². The van der Waals surface area contributed by atoms with Crippen molar-refractivity contribution in [1.29, 1.82) is 0 Å². The number of nitrogens with zero attached hydrogens (tertiary/aromatic N) is 2. The first-order valence-corrected chi connectivity index (χ1v) is 14.5. The normalized spacial score (nSPS) is 31.6. The lowest BCUT2D eigenvalue weighted by Gasteiger charge is -2.41. The molecule has 0 aromatic heterocycles. The lowest BCUT2D eigenvalue weighted by molar-refractivity contribution is -0.163. The molecule has 6 atom stereocenters. The molecular weight excluding hydrogens is 520 g/mol. The molecule has 2 fully saturated rings. The van der Waals surface area contributed by atoms with E-state index in [1.165, 1.54) is 4.90 Å². The molecule has 1 spiro atoms. The zero-order valence-electron chi connectivity index (χ0n) is 23.2. The van der Waals surface area contributed by atoms with E-state index in [4.69, 9.17) is 9.47 Å². The van der Waals surface area contributed by atoms with Crippen LogP contribution in [0, 0.1) is 11.8 Å². The smallest absolute Gasteiger partial charge is 0.313 e. The minimum absolute atomic E-state index is 0.222. The van der Waals surface area contributed by atoms with Crippen LogP contribution < -0.4 is 0 Å². The molecule has 2 aromatic carbocycles. The predicted octanol–water partition coefficient (Wildman–Crippen LogP) is 3.05. The van der Waals surface area contributed by atoms with Crippen LogP contribution in [-0.2, 0) is 36.8 Å². The topological polar surface area (TPSA) is 96.4 Å². The number of aliphatic hydroxyl groups excluding tert-OH is 1. The highest BCUT2D eigenvalue weighted by atomic mass is 16.6. The van der Waals surface area contributed by atoms with Crippen LogP contribution in [0.3, 0.4) is 0 Å². The second-order valence-corrected chi connectivity index (χ2v) is 11.4. The summed E-state index contributed by atoms with van der Waals surface area (Å²) in [4.78, 5) is 46.1. The van der Waals surface area contributed by atoms with Gasteiger partial charge in [0.1, 0.15) is 23.2 Å². The highest BCUT2D eigenvalue weighted by Crippen LogP contribution is 2.58. The summed E-state index contributed by atoms with van der Waals surface area (Å²) in [6.45, 7) is 2.49. The molecule has 2 aromatic rings. The monoisotopic (exact) mass is 556 g/mol. The number of carbonyl (C=O) groups is 3. The average molecular weight is 557 g/mol. The Morgan fingerprint density at radius 1 is 0.927 bits per heavy atom. The minimum Gasteiger partial charge on any atom is -0.465 e. The molecule has 0 bridgehead atoms. The maximum absolute atomic E-state index is 14.6. The molecule has 8 nitrogen and oxygen atoms in total. The van der Waals surface area contributed by atoms with Crippen molar-refractivity contribution >= 4 is 17.8 Å². The molecule has 41 heavy (non-hydrogen) atoms. The number of aliphatic hydroxyl groups is 1. The minimum atomic E-state index is -1.39. The van der Waals surface area contributed by atoms with Gasteiger partial charge in [0.25, 0.3) is 0 Å². The third-order valence-corrected chi connectivity index (χ3v) is 9.06. The zero-order chi connectivity index (χ0) is 28.6. The Balaban J connectivity index is 1.48. The molecule has 2 amide bonds. The molecule has 0 radical (unpaired) electrons. The van der Waals surface area contributed by atoms with Crippen molar-refractivity contribution in [2.75, 3.05) is 19.8 Å². The van der Waals surface area contributed by atoms with E-state index in [1.54, 1.807) is 4.90 Å². The standard InChI is InChI=1S/C33H36N2O6/c1-2-32-16-9-10-19-40-31(39)27(32)26-29(37)35(25(22-36)20-23-12-5-3-6-13-23)28-30(38)34(18-11-17-33(26,28)41-32)21-24-14-7-4-8-15-24/h3-9,11-17,25-28,36H,2,10,18-22H2,1H3/t25-,26+,27+,28?,32-,33+/m1/s1. The third kappa shape index (κ3) is 4.50. The Hall–Kier alpha value is -3.75. The van der Waals surface area contributed by atoms with E-state index in [0.717, 1.165) is 11.1 Å². The van der Waals surface area contributed by atoms with Gasteiger partial charge in [-0.05, 0) is 30.4 Å². The Morgan fingerprint density at radius 3 is 2.32 bits per heavy atom. The highest BCUT2D eigenvalue weighted by molar-refractivity contribution is 5.99. The van der Waals surface area contributed by atoms with Crippen molar-refractivity contribution < 1.29 is 29.0 Å². The van der Waals surface area contributed by atoms with E-state index < -0.39 is 41.1 Å². The van der Waals surface area contributed by atoms with Gasteiger partial charge in [-0.2, -0.15) is 0 Å². The van der Waals surface area contributed by atoms with Gasteiger partial charge in [-0.3, -0.25) is 14.4 Å². The number of hydrogen-bond acceptors (Lipinski definition) is 6. The quantitative estimate of drug-likeness (QED) is 0.416. The molecule has 4 aliphatic heterocycles. The second-order valence-electron chi connectivity index (χ2n) is 11.4. The Kier molecular flexibility index (Phi) is 7.30. The third-order valence-electron chi connectivity index (χ3n) is 9.06. The molecule has 2 saturated heterocycles. The van der Waals surface area contributed by atoms with Gasteiger partial charge in [-0.1, -0.05) is 91.9 Å². The van der Waals surface area contributed by atoms with Crippen molar-refractivity contribution in [3.8, 4) is 0 Å². The van der Waals surface area contributed by atoms with Gasteiger partial charge < -0.3 is 24.4 Å². The molecule has 4 aliphatic rings. The number of likely N-dealkylation sites (tertiary alicyclic amines) is 1. The molecule has 214 valence electrons. The van der Waals surface area contributed by atoms with Crippen LogP contribution in [0.25, 0.3) is 0 Å². The number of hydrogen-bond donors (Lipinski definition) is 1. The average Bonchev–Trinajstić information content (AvgIpc) is 3.35. The lowest BCUT2D eigenvalue weighted by Crippen LogP contribution is -2.59. The van der Waals surface area contributed by atoms with Gasteiger partial charge in [0.05, 0.1) is 25.2 Å². The van der Waals surface area contributed by atoms with Crippen LogP contribution in [-0.4, -0.2) is 75.7 Å². The van der Waals surface area contributed by atoms with Crippen molar-refractivity contribution in [2.24, 2.45) is 11.8 Å². The van der Waals surface area contributed by atoms with Crippen LogP contribution in [0.2, 0.25) is 0 Å². The van der Waals surface area contributed by atoms with Crippen LogP contribution in [0.1, 0.15) is 30.9 Å². The van der Waals surface area contributed by atoms with Crippen LogP contribution in [0.15, 0.2) is 85.0 Å². The number of cyclic esters (lactones) is 1. The first kappa shape index (κ1) is 27.4. The summed E-state index contributed by atoms with van der Waals surface area (Å²) in [6.07, 6.45) is 8.90. The summed E-state index contributed by atoms with van der Waals surface area (Å²) in [5.41, 5.74) is -0.584. The molecule has 0 saturated carbocycles. The fraction of sp³-hybridized carbons (Fsp3) is 0.424. The fourth-order valence-electron chi connectivity index (χ4n) is 7.19. The van der Waals surface area contributed by atoms with E-state index >= 15 is 0 Å². The number of ether oxygens (including phenoxy) is 2. The molecule has 8 heteroatoms. The molecule has 1 N–H and O–H groups in total. The second kappa shape index (κ2) is 10.9. The van der Waals surface area contributed by atoms with E-state index in [0.29, 0.717) is 32.4 Å². The van der Waals surface area contributed by atoms with E-state index in [-0.39, 0.29) is 25.0 Å². The summed E-state index contributed by atoms with van der Waals surface area (Å²) in [5, 5.41) is 10.7. The van der Waals surface area contributed by atoms with Crippen molar-refractivity contribution in [3.63, 3.8) is 0 Å². The number of esters is 1. The van der Waals surface area contributed by atoms with E-state index in [2.05, 4.69) is 0 Å². The molecule has 0 aliphatic carbocycles. The summed E-state index contributed by atoms with van der Waals surface area (Å²) < 4.78 is 12.6. The number of carbonyl (C=O) groups excluding carboxylic acids is 3. The van der Waals surface area contributed by atoms with Crippen molar-refractivity contribution in [1.82, 2.24) is 9.80 Å². The summed E-state index contributed by atoms with van der Waals surface area (Å²) in [6, 6.07) is 17.6. The van der Waals surface area contributed by atoms with Crippen molar-refractivity contribution in [2.45, 2.75) is 56.0 Å². The predicted molar refractivity (Wildman–Crippen MR) is 151 cm³/mol. The molecule has 1 unspecified atom stereocenters. The summed E-state index contributed by atoms with van der Waals surface area (Å²) in [5.74, 6) is -3.00. The van der Waals surface area contributed by atoms with Crippen LogP contribution in [0.5, 0.6) is 0 Å². The maximum atomic E-state index is 14.6. The fourth-order valence-corrected chi connectivity index (χ4v) is 7.19. The summed E-state index contributed by atoms with van der Waals surface area (Å²) >= 11 is 0. The van der Waals surface area contributed by atoms with Gasteiger partial charge >= 0.3 is 5.97 Å². The number of rotatable bonds is 7. The molecule has 4 heterocycles. The zero-order valence-corrected chi connectivity index (χ0v) is 23.2. The van der Waals surface area contributed by atoms with Crippen LogP contribution in [0.4, 0.5) is 0 Å². The van der Waals surface area contributed by atoms with Gasteiger partial charge in [0.15, 0.2) is 0 Å². The van der Waals surface area contributed by atoms with Gasteiger partial charge in [-0.25, -0.2) is 0 Å². The Bertz CT molecular complexity index is 1360. The summed E-state index contributed by atoms with van der Waals surface area (Å²) in [7, 11) is 0. The highest BCUT2D eigenvalue weighted by Gasteiger charge is 2.75. The molecular formula is C33H36N2O6. The Morgan fingerprint density at radius 2 is 1.63 bits per heavy atom. The van der Waals surface area contributed by atoms with Gasteiger partial charge in [-0.15, -0.1) is 0 Å². The number of fused-ring (bicyclic) bond motifs is 2. The Labute approximate surface area is 240 Å². The largest absolute Gasteiger partial charge is 0.465 e. The lowest BCUT2D eigenvalue weighted by atomic mass is 9.73. The maximum Gasteiger partial charge on any atom is 0.313 e. The van der Waals surface area contributed by atoms with E-state index in [9.17, 15) is 19.5 Å². The van der Waals surface area contributed by atoms with Crippen molar-refractivity contribution in [3.05, 3.63) is 96.1 Å². The first-order chi connectivity index (χ1) is 19.9. The van der Waals surface area contributed by atoms with E-state index in [1.807, 2.05) is 91.9 Å². The van der Waals surface area contributed by atoms with Gasteiger partial charge in [0, 0.05) is 13.1 Å². The number of amides is 2. The SMILES string of the molecule is CC[C@@]12C=CCCOC(=O)[C@@H]1[C@H]1C(=O)N([C@@H](CO)Cc3ccccc3)C3C(=O)N(Cc4ccccc4)CC=C[C@@]31O2. The van der Waals surface area contributed by atoms with Gasteiger partial charge in [0.2, 0.25) is 11.8 Å². The molecule has 6 rings (SSSR count). The number of benzene rings is 2. The first-order valence-electron chi connectivity index (χ1n) is 14.5.